The maximum absolute atomic E-state index is 5.58. The van der Waals surface area contributed by atoms with Crippen LogP contribution in [0.1, 0.15) is 59.3 Å². The van der Waals surface area contributed by atoms with Gasteiger partial charge in [0.15, 0.2) is 0 Å². The van der Waals surface area contributed by atoms with Gasteiger partial charge in [0.2, 0.25) is 0 Å². The van der Waals surface area contributed by atoms with Crippen molar-refractivity contribution in [3.8, 4) is 0 Å². The van der Waals surface area contributed by atoms with Crippen LogP contribution in [0.2, 0.25) is 0 Å². The molecule has 2 rings (SSSR count). The van der Waals surface area contributed by atoms with Crippen LogP contribution in [0.5, 0.6) is 0 Å². The molecule has 1 fully saturated rings. The molecule has 1 nitrogen and oxygen atoms in total. The van der Waals surface area contributed by atoms with E-state index in [0.717, 1.165) is 24.0 Å². The predicted octanol–water partition coefficient (Wildman–Crippen LogP) is 5.65. The predicted molar refractivity (Wildman–Crippen MR) is 84.0 cm³/mol. The zero-order valence-corrected chi connectivity index (χ0v) is 13.0. The van der Waals surface area contributed by atoms with E-state index in [0.29, 0.717) is 6.61 Å². The number of ether oxygens (including phenoxy) is 1. The van der Waals surface area contributed by atoms with E-state index in [-0.39, 0.29) is 0 Å². The molecule has 0 radical (unpaired) electrons. The summed E-state index contributed by atoms with van der Waals surface area (Å²) in [7, 11) is 0. The molecule has 0 aromatic rings. The van der Waals surface area contributed by atoms with E-state index in [1.165, 1.54) is 32.1 Å². The van der Waals surface area contributed by atoms with E-state index < -0.39 is 0 Å². The lowest BCUT2D eigenvalue weighted by Crippen LogP contribution is -2.15. The summed E-state index contributed by atoms with van der Waals surface area (Å²) in [6.45, 7) is 10.7. The zero-order valence-electron chi connectivity index (χ0n) is 13.0. The minimum absolute atomic E-state index is 0.635. The van der Waals surface area contributed by atoms with Crippen molar-refractivity contribution in [3.63, 3.8) is 0 Å². The highest BCUT2D eigenvalue weighted by Crippen LogP contribution is 2.36. The second-order valence-corrected chi connectivity index (χ2v) is 5.43. The molecule has 0 atom stereocenters. The normalized spacial score (nSPS) is 26.5. The fourth-order valence-corrected chi connectivity index (χ4v) is 2.89. The lowest BCUT2D eigenvalue weighted by molar-refractivity contribution is 0.232. The highest BCUT2D eigenvalue weighted by Gasteiger charge is 2.22. The Bertz CT molecular complexity index is 317. The molecule has 0 aromatic heterocycles. The van der Waals surface area contributed by atoms with Crippen molar-refractivity contribution in [2.45, 2.75) is 59.3 Å². The largest absolute Gasteiger partial charge is 0.494 e. The van der Waals surface area contributed by atoms with Gasteiger partial charge >= 0.3 is 0 Å². The van der Waals surface area contributed by atoms with Crippen LogP contribution in [0.25, 0.3) is 0 Å². The van der Waals surface area contributed by atoms with Gasteiger partial charge in [-0.05, 0) is 37.2 Å². The summed E-state index contributed by atoms with van der Waals surface area (Å²) in [5, 5.41) is 0. The molecule has 108 valence electrons. The van der Waals surface area contributed by atoms with Crippen molar-refractivity contribution in [2.24, 2.45) is 11.8 Å². The number of rotatable bonds is 4. The van der Waals surface area contributed by atoms with Crippen LogP contribution in [0.4, 0.5) is 0 Å². The molecule has 0 N–H and O–H groups in total. The molecule has 19 heavy (non-hydrogen) atoms. The molecule has 0 saturated heterocycles. The quantitative estimate of drug-likeness (QED) is 0.595. The van der Waals surface area contributed by atoms with Crippen molar-refractivity contribution < 1.29 is 4.74 Å². The third kappa shape index (κ3) is 5.26. The molecule has 0 unspecified atom stereocenters. The summed E-state index contributed by atoms with van der Waals surface area (Å²) in [4.78, 5) is 0. The zero-order chi connectivity index (χ0) is 14.1. The Labute approximate surface area is 119 Å². The van der Waals surface area contributed by atoms with E-state index in [4.69, 9.17) is 4.74 Å². The molecule has 0 aromatic carbocycles. The van der Waals surface area contributed by atoms with Crippen LogP contribution >= 0.6 is 0 Å². The van der Waals surface area contributed by atoms with Crippen molar-refractivity contribution >= 4 is 0 Å². The Morgan fingerprint density at radius 2 is 1.84 bits per heavy atom. The van der Waals surface area contributed by atoms with E-state index >= 15 is 0 Å². The average Bonchev–Trinajstić information content (AvgIpc) is 2.49. The molecule has 0 bridgehead atoms. The summed E-state index contributed by atoms with van der Waals surface area (Å²) in [6, 6.07) is 0. The molecule has 0 heterocycles. The smallest absolute Gasteiger partial charge is 0.106 e. The topological polar surface area (TPSA) is 9.23 Å². The standard InChI is InChI=1S/C16H24O.C2H6/c1-3-12-17-16-10-8-15(9-11-16)14-6-4-13(2)5-7-14;1-2/h3,8,10,13-14H,1,4-7,9,11-12H2,2H3;1-2H3. The van der Waals surface area contributed by atoms with Gasteiger partial charge < -0.3 is 4.74 Å². The molecule has 0 aliphatic heterocycles. The molecular formula is C18H30O. The molecular weight excluding hydrogens is 232 g/mol. The minimum atomic E-state index is 0.635. The lowest BCUT2D eigenvalue weighted by atomic mass is 9.77. The van der Waals surface area contributed by atoms with Gasteiger partial charge in [-0.15, -0.1) is 0 Å². The van der Waals surface area contributed by atoms with Gasteiger partial charge in [0.05, 0.1) is 5.76 Å². The van der Waals surface area contributed by atoms with Crippen molar-refractivity contribution in [1.29, 1.82) is 0 Å². The fraction of sp³-hybridized carbons (Fsp3) is 0.667. The van der Waals surface area contributed by atoms with Gasteiger partial charge in [-0.2, -0.15) is 0 Å². The summed E-state index contributed by atoms with van der Waals surface area (Å²) in [5.74, 6) is 2.92. The van der Waals surface area contributed by atoms with Crippen molar-refractivity contribution in [2.75, 3.05) is 6.61 Å². The Morgan fingerprint density at radius 1 is 1.16 bits per heavy atom. The third-order valence-electron chi connectivity index (χ3n) is 4.07. The number of hydrogen-bond donors (Lipinski definition) is 0. The monoisotopic (exact) mass is 262 g/mol. The number of allylic oxidation sites excluding steroid dienone is 4. The van der Waals surface area contributed by atoms with Crippen molar-refractivity contribution in [1.82, 2.24) is 0 Å². The maximum Gasteiger partial charge on any atom is 0.106 e. The second kappa shape index (κ2) is 9.01. The highest BCUT2D eigenvalue weighted by atomic mass is 16.5. The molecule has 0 amide bonds. The molecule has 2 aliphatic carbocycles. The fourth-order valence-electron chi connectivity index (χ4n) is 2.89. The van der Waals surface area contributed by atoms with E-state index in [1.807, 2.05) is 19.9 Å². The molecule has 1 saturated carbocycles. The average molecular weight is 262 g/mol. The third-order valence-corrected chi connectivity index (χ3v) is 4.07. The van der Waals surface area contributed by atoms with Crippen molar-refractivity contribution in [3.05, 3.63) is 36.1 Å². The van der Waals surface area contributed by atoms with Gasteiger partial charge in [-0.1, -0.05) is 57.9 Å². The first-order valence-electron chi connectivity index (χ1n) is 7.93. The van der Waals surface area contributed by atoms with Crippen LogP contribution in [0, 0.1) is 11.8 Å². The van der Waals surface area contributed by atoms with Crippen LogP contribution in [-0.4, -0.2) is 6.61 Å². The van der Waals surface area contributed by atoms with Crippen LogP contribution in [0.15, 0.2) is 36.1 Å². The lowest BCUT2D eigenvalue weighted by Gasteiger charge is -2.29. The summed E-state index contributed by atoms with van der Waals surface area (Å²) < 4.78 is 5.58. The van der Waals surface area contributed by atoms with Crippen LogP contribution in [0.3, 0.4) is 0 Å². The van der Waals surface area contributed by atoms with E-state index in [9.17, 15) is 0 Å². The number of hydrogen-bond acceptors (Lipinski definition) is 1. The molecule has 0 spiro atoms. The summed E-state index contributed by atoms with van der Waals surface area (Å²) >= 11 is 0. The summed E-state index contributed by atoms with van der Waals surface area (Å²) in [6.07, 6.45) is 14.2. The molecule has 2 aliphatic rings. The Hall–Kier alpha value is -0.980. The van der Waals surface area contributed by atoms with Gasteiger partial charge in [0, 0.05) is 6.42 Å². The van der Waals surface area contributed by atoms with Gasteiger partial charge in [0.1, 0.15) is 6.61 Å². The van der Waals surface area contributed by atoms with Crippen LogP contribution in [-0.2, 0) is 4.74 Å². The second-order valence-electron chi connectivity index (χ2n) is 5.43. The molecule has 1 heteroatoms. The maximum atomic E-state index is 5.58. The first-order chi connectivity index (χ1) is 9.29. The summed E-state index contributed by atoms with van der Waals surface area (Å²) in [5.41, 5.74) is 1.66. The first kappa shape index (κ1) is 16.1. The van der Waals surface area contributed by atoms with E-state index in [2.05, 4.69) is 25.7 Å². The van der Waals surface area contributed by atoms with Gasteiger partial charge in [0.25, 0.3) is 0 Å². The highest BCUT2D eigenvalue weighted by molar-refractivity contribution is 5.23. The first-order valence-corrected chi connectivity index (χ1v) is 7.93. The van der Waals surface area contributed by atoms with Gasteiger partial charge in [-0.25, -0.2) is 0 Å². The van der Waals surface area contributed by atoms with Gasteiger partial charge in [-0.3, -0.25) is 0 Å². The Balaban J connectivity index is 0.000000861. The van der Waals surface area contributed by atoms with E-state index in [1.54, 1.807) is 5.57 Å². The minimum Gasteiger partial charge on any atom is -0.494 e. The SMILES string of the molecule is C=CCOC1=CC=C(C2CCC(C)CC2)CC1.CC. The Kier molecular flexibility index (Phi) is 7.62. The Morgan fingerprint density at radius 3 is 2.37 bits per heavy atom. The van der Waals surface area contributed by atoms with Crippen LogP contribution < -0.4 is 0 Å².